The topological polar surface area (TPSA) is 77.7 Å². The van der Waals surface area contributed by atoms with Crippen LogP contribution in [0.5, 0.6) is 0 Å². The Labute approximate surface area is 136 Å². The SMILES string of the molecule is Cc1nc([C@@H]2CCCN(C(=O)[C@@H](C)OC[C@H]3CCCO3)C2)no1. The minimum Gasteiger partial charge on any atom is -0.376 e. The highest BCUT2D eigenvalue weighted by Crippen LogP contribution is 2.25. The first kappa shape index (κ1) is 16.4. The number of nitrogens with zero attached hydrogens (tertiary/aromatic N) is 3. The molecule has 2 aliphatic heterocycles. The molecular weight excluding hydrogens is 298 g/mol. The maximum absolute atomic E-state index is 12.6. The van der Waals surface area contributed by atoms with Crippen LogP contribution in [0.1, 0.15) is 50.2 Å². The summed E-state index contributed by atoms with van der Waals surface area (Å²) in [6.07, 6.45) is 3.72. The molecule has 3 rings (SSSR count). The van der Waals surface area contributed by atoms with Crippen LogP contribution in [0.2, 0.25) is 0 Å². The Kier molecular flexibility index (Phi) is 5.27. The lowest BCUT2D eigenvalue weighted by molar-refractivity contribution is -0.145. The molecule has 2 fully saturated rings. The second-order valence-electron chi connectivity index (χ2n) is 6.41. The van der Waals surface area contributed by atoms with Crippen LogP contribution in [-0.4, -0.2) is 59.5 Å². The zero-order chi connectivity index (χ0) is 16.2. The third-order valence-corrected chi connectivity index (χ3v) is 4.55. The normalized spacial score (nSPS) is 26.4. The van der Waals surface area contributed by atoms with Crippen molar-refractivity contribution < 1.29 is 18.8 Å². The number of amides is 1. The van der Waals surface area contributed by atoms with Gasteiger partial charge in [-0.2, -0.15) is 4.98 Å². The van der Waals surface area contributed by atoms with Crippen LogP contribution in [0.15, 0.2) is 4.52 Å². The Morgan fingerprint density at radius 1 is 1.43 bits per heavy atom. The van der Waals surface area contributed by atoms with Crippen molar-refractivity contribution in [2.75, 3.05) is 26.3 Å². The maximum atomic E-state index is 12.6. The van der Waals surface area contributed by atoms with Crippen LogP contribution in [0.25, 0.3) is 0 Å². The monoisotopic (exact) mass is 323 g/mol. The molecule has 0 aromatic carbocycles. The highest BCUT2D eigenvalue weighted by molar-refractivity contribution is 5.80. The lowest BCUT2D eigenvalue weighted by Gasteiger charge is -2.33. The number of aromatic nitrogens is 2. The Balaban J connectivity index is 1.51. The second-order valence-corrected chi connectivity index (χ2v) is 6.41. The van der Waals surface area contributed by atoms with Gasteiger partial charge in [-0.15, -0.1) is 0 Å². The summed E-state index contributed by atoms with van der Waals surface area (Å²) in [6.45, 7) is 6.29. The van der Waals surface area contributed by atoms with Crippen molar-refractivity contribution in [1.29, 1.82) is 0 Å². The van der Waals surface area contributed by atoms with Gasteiger partial charge in [0, 0.05) is 32.5 Å². The minimum atomic E-state index is -0.440. The molecule has 0 radical (unpaired) electrons. The predicted molar refractivity (Wildman–Crippen MR) is 82.0 cm³/mol. The average molecular weight is 323 g/mol. The van der Waals surface area contributed by atoms with E-state index in [9.17, 15) is 4.79 Å². The Bertz CT molecular complexity index is 527. The van der Waals surface area contributed by atoms with E-state index in [-0.39, 0.29) is 17.9 Å². The first-order valence-corrected chi connectivity index (χ1v) is 8.45. The molecule has 0 N–H and O–H groups in total. The van der Waals surface area contributed by atoms with Crippen LogP contribution in [-0.2, 0) is 14.3 Å². The summed E-state index contributed by atoms with van der Waals surface area (Å²) >= 11 is 0. The maximum Gasteiger partial charge on any atom is 0.251 e. The quantitative estimate of drug-likeness (QED) is 0.820. The fourth-order valence-corrected chi connectivity index (χ4v) is 3.22. The van der Waals surface area contributed by atoms with Gasteiger partial charge in [0.15, 0.2) is 5.82 Å². The Hall–Kier alpha value is -1.47. The van der Waals surface area contributed by atoms with E-state index in [0.29, 0.717) is 24.9 Å². The number of hydrogen-bond donors (Lipinski definition) is 0. The zero-order valence-electron chi connectivity index (χ0n) is 13.9. The zero-order valence-corrected chi connectivity index (χ0v) is 13.9. The van der Waals surface area contributed by atoms with Crippen LogP contribution < -0.4 is 0 Å². The molecule has 2 aliphatic rings. The Morgan fingerprint density at radius 2 is 2.30 bits per heavy atom. The second kappa shape index (κ2) is 7.40. The number of piperidine rings is 1. The fraction of sp³-hybridized carbons (Fsp3) is 0.812. The number of rotatable bonds is 5. The third kappa shape index (κ3) is 4.09. The number of likely N-dealkylation sites (tertiary alicyclic amines) is 1. The lowest BCUT2D eigenvalue weighted by atomic mass is 9.97. The van der Waals surface area contributed by atoms with E-state index >= 15 is 0 Å². The van der Waals surface area contributed by atoms with Crippen molar-refractivity contribution in [1.82, 2.24) is 15.0 Å². The van der Waals surface area contributed by atoms with Gasteiger partial charge < -0.3 is 18.9 Å². The highest BCUT2D eigenvalue weighted by Gasteiger charge is 2.30. The molecule has 3 heterocycles. The van der Waals surface area contributed by atoms with Crippen molar-refractivity contribution in [2.24, 2.45) is 0 Å². The molecule has 128 valence electrons. The standard InChI is InChI=1S/C16H25N3O4/c1-11(22-10-14-6-4-8-21-14)16(20)19-7-3-5-13(9-19)15-17-12(2)23-18-15/h11,13-14H,3-10H2,1-2H3/t11-,13-,14-/m1/s1. The number of hydrogen-bond acceptors (Lipinski definition) is 6. The van der Waals surface area contributed by atoms with Gasteiger partial charge in [-0.3, -0.25) is 4.79 Å². The molecule has 2 saturated heterocycles. The van der Waals surface area contributed by atoms with Gasteiger partial charge in [0.05, 0.1) is 12.7 Å². The van der Waals surface area contributed by atoms with Crippen LogP contribution in [0.4, 0.5) is 0 Å². The molecule has 1 aromatic heterocycles. The van der Waals surface area contributed by atoms with E-state index in [2.05, 4.69) is 10.1 Å². The van der Waals surface area contributed by atoms with Gasteiger partial charge in [0.1, 0.15) is 6.10 Å². The smallest absolute Gasteiger partial charge is 0.251 e. The largest absolute Gasteiger partial charge is 0.376 e. The van der Waals surface area contributed by atoms with E-state index in [4.69, 9.17) is 14.0 Å². The fourth-order valence-electron chi connectivity index (χ4n) is 3.22. The summed E-state index contributed by atoms with van der Waals surface area (Å²) in [7, 11) is 0. The summed E-state index contributed by atoms with van der Waals surface area (Å²) in [4.78, 5) is 18.7. The third-order valence-electron chi connectivity index (χ3n) is 4.55. The molecule has 7 heteroatoms. The van der Waals surface area contributed by atoms with Crippen molar-refractivity contribution in [3.63, 3.8) is 0 Å². The van der Waals surface area contributed by atoms with Crippen molar-refractivity contribution >= 4 is 5.91 Å². The number of aryl methyl sites for hydroxylation is 1. The first-order chi connectivity index (χ1) is 11.1. The van der Waals surface area contributed by atoms with Crippen LogP contribution >= 0.6 is 0 Å². The summed E-state index contributed by atoms with van der Waals surface area (Å²) in [6, 6.07) is 0. The van der Waals surface area contributed by atoms with E-state index in [1.165, 1.54) is 0 Å². The summed E-state index contributed by atoms with van der Waals surface area (Å²) in [5.41, 5.74) is 0. The van der Waals surface area contributed by atoms with E-state index in [1.54, 1.807) is 6.92 Å². The molecule has 0 unspecified atom stereocenters. The van der Waals surface area contributed by atoms with E-state index < -0.39 is 6.10 Å². The molecule has 23 heavy (non-hydrogen) atoms. The van der Waals surface area contributed by atoms with Crippen LogP contribution in [0.3, 0.4) is 0 Å². The van der Waals surface area contributed by atoms with E-state index in [1.807, 2.05) is 11.8 Å². The van der Waals surface area contributed by atoms with Gasteiger partial charge >= 0.3 is 0 Å². The highest BCUT2D eigenvalue weighted by atomic mass is 16.5. The molecule has 0 bridgehead atoms. The van der Waals surface area contributed by atoms with E-state index in [0.717, 1.165) is 38.8 Å². The van der Waals surface area contributed by atoms with Crippen molar-refractivity contribution in [2.45, 2.75) is 57.7 Å². The molecule has 0 spiro atoms. The van der Waals surface area contributed by atoms with Gasteiger partial charge in [-0.05, 0) is 32.6 Å². The number of ether oxygens (including phenoxy) is 2. The molecule has 3 atom stereocenters. The molecule has 0 aliphatic carbocycles. The molecule has 0 saturated carbocycles. The van der Waals surface area contributed by atoms with Crippen molar-refractivity contribution in [3.05, 3.63) is 11.7 Å². The molecule has 7 nitrogen and oxygen atoms in total. The van der Waals surface area contributed by atoms with Crippen LogP contribution in [0, 0.1) is 6.92 Å². The first-order valence-electron chi connectivity index (χ1n) is 8.45. The number of carbonyl (C=O) groups is 1. The average Bonchev–Trinajstić information content (AvgIpc) is 3.23. The van der Waals surface area contributed by atoms with Gasteiger partial charge in [-0.25, -0.2) is 0 Å². The molecule has 1 aromatic rings. The van der Waals surface area contributed by atoms with Crippen molar-refractivity contribution in [3.8, 4) is 0 Å². The lowest BCUT2D eigenvalue weighted by Crippen LogP contribution is -2.45. The molecule has 1 amide bonds. The number of carbonyl (C=O) groups excluding carboxylic acids is 1. The van der Waals surface area contributed by atoms with Gasteiger partial charge in [-0.1, -0.05) is 5.16 Å². The Morgan fingerprint density at radius 3 is 3.00 bits per heavy atom. The summed E-state index contributed by atoms with van der Waals surface area (Å²) in [5.74, 6) is 1.45. The predicted octanol–water partition coefficient (Wildman–Crippen LogP) is 1.67. The molecular formula is C16H25N3O4. The minimum absolute atomic E-state index is 0.0351. The van der Waals surface area contributed by atoms with Gasteiger partial charge in [0.2, 0.25) is 5.89 Å². The summed E-state index contributed by atoms with van der Waals surface area (Å²) < 4.78 is 16.3. The summed E-state index contributed by atoms with van der Waals surface area (Å²) in [5, 5.41) is 3.99. The van der Waals surface area contributed by atoms with Gasteiger partial charge in [0.25, 0.3) is 5.91 Å².